The maximum Gasteiger partial charge on any atom is 0.236 e. The van der Waals surface area contributed by atoms with Gasteiger partial charge >= 0.3 is 0 Å². The summed E-state index contributed by atoms with van der Waals surface area (Å²) in [5.41, 5.74) is 0.858. The summed E-state index contributed by atoms with van der Waals surface area (Å²) in [4.78, 5) is 31.4. The highest BCUT2D eigenvalue weighted by molar-refractivity contribution is 6.02. The fourth-order valence-electron chi connectivity index (χ4n) is 4.08. The lowest BCUT2D eigenvalue weighted by atomic mass is 10.1. The highest BCUT2D eigenvalue weighted by atomic mass is 16.5. The molecule has 2 fully saturated rings. The molecule has 2 heterocycles. The van der Waals surface area contributed by atoms with Crippen LogP contribution in [0.2, 0.25) is 0 Å². The summed E-state index contributed by atoms with van der Waals surface area (Å²) in [6, 6.07) is 14.0. The van der Waals surface area contributed by atoms with Crippen molar-refractivity contribution in [2.75, 3.05) is 70.9 Å². The smallest absolute Gasteiger partial charge is 0.236 e. The quantitative estimate of drug-likeness (QED) is 0.785. The standard InChI is InChI=1S/C23H30N4O3/c28-22(24-21-7-3-5-19-4-1-2-6-20(19)21)8-9-25-10-12-27(13-11-25)23(29)18-26-14-16-30-17-15-26/h1-7H,8-18H2,(H,24,28). The van der Waals surface area contributed by atoms with Crippen LogP contribution in [-0.4, -0.2) is 92.1 Å². The first-order chi connectivity index (χ1) is 14.7. The lowest BCUT2D eigenvalue weighted by molar-refractivity contribution is -0.135. The van der Waals surface area contributed by atoms with Gasteiger partial charge in [0.2, 0.25) is 11.8 Å². The number of piperazine rings is 1. The zero-order valence-electron chi connectivity index (χ0n) is 17.4. The highest BCUT2D eigenvalue weighted by Gasteiger charge is 2.23. The van der Waals surface area contributed by atoms with Crippen molar-refractivity contribution in [2.45, 2.75) is 6.42 Å². The number of nitrogens with one attached hydrogen (secondary N) is 1. The highest BCUT2D eigenvalue weighted by Crippen LogP contribution is 2.23. The Bertz CT molecular complexity index is 868. The van der Waals surface area contributed by atoms with Gasteiger partial charge in [0.15, 0.2) is 0 Å². The number of hydrogen-bond donors (Lipinski definition) is 1. The number of morpholine rings is 1. The van der Waals surface area contributed by atoms with E-state index in [0.29, 0.717) is 32.7 Å². The number of rotatable bonds is 6. The van der Waals surface area contributed by atoms with Crippen LogP contribution in [0.3, 0.4) is 0 Å². The Kier molecular flexibility index (Phi) is 6.94. The summed E-state index contributed by atoms with van der Waals surface area (Å²) in [6.45, 7) is 7.37. The molecule has 30 heavy (non-hydrogen) atoms. The molecule has 7 heteroatoms. The van der Waals surface area contributed by atoms with Crippen LogP contribution in [0.25, 0.3) is 10.8 Å². The van der Waals surface area contributed by atoms with E-state index in [1.54, 1.807) is 0 Å². The third-order valence-electron chi connectivity index (χ3n) is 5.91. The topological polar surface area (TPSA) is 65.1 Å². The van der Waals surface area contributed by atoms with Gasteiger partial charge in [-0.25, -0.2) is 0 Å². The summed E-state index contributed by atoms with van der Waals surface area (Å²) in [5, 5.41) is 5.23. The van der Waals surface area contributed by atoms with Gasteiger partial charge in [-0.1, -0.05) is 36.4 Å². The molecular weight excluding hydrogens is 380 g/mol. The number of fused-ring (bicyclic) bond motifs is 1. The van der Waals surface area contributed by atoms with Crippen LogP contribution in [0.4, 0.5) is 5.69 Å². The van der Waals surface area contributed by atoms with E-state index < -0.39 is 0 Å². The van der Waals surface area contributed by atoms with Gasteiger partial charge in [0.1, 0.15) is 0 Å². The minimum absolute atomic E-state index is 0.0252. The number of hydrogen-bond acceptors (Lipinski definition) is 5. The van der Waals surface area contributed by atoms with Crippen molar-refractivity contribution in [3.05, 3.63) is 42.5 Å². The molecule has 2 saturated heterocycles. The van der Waals surface area contributed by atoms with Gasteiger partial charge in [-0.05, 0) is 11.5 Å². The van der Waals surface area contributed by atoms with E-state index in [9.17, 15) is 9.59 Å². The van der Waals surface area contributed by atoms with Crippen molar-refractivity contribution in [3.8, 4) is 0 Å². The minimum Gasteiger partial charge on any atom is -0.379 e. The van der Waals surface area contributed by atoms with Crippen molar-refractivity contribution in [2.24, 2.45) is 0 Å². The van der Waals surface area contributed by atoms with Crippen LogP contribution in [0.5, 0.6) is 0 Å². The molecule has 0 aliphatic carbocycles. The van der Waals surface area contributed by atoms with E-state index in [2.05, 4.69) is 15.1 Å². The Morgan fingerprint density at radius 3 is 2.40 bits per heavy atom. The van der Waals surface area contributed by atoms with Crippen molar-refractivity contribution in [1.82, 2.24) is 14.7 Å². The van der Waals surface area contributed by atoms with E-state index in [1.807, 2.05) is 47.4 Å². The van der Waals surface area contributed by atoms with E-state index in [-0.39, 0.29) is 11.8 Å². The molecule has 160 valence electrons. The first kappa shape index (κ1) is 20.8. The van der Waals surface area contributed by atoms with Crippen molar-refractivity contribution in [1.29, 1.82) is 0 Å². The molecule has 0 aromatic heterocycles. The fraction of sp³-hybridized carbons (Fsp3) is 0.478. The van der Waals surface area contributed by atoms with Crippen LogP contribution >= 0.6 is 0 Å². The second kappa shape index (κ2) is 10.0. The number of anilines is 1. The number of carbonyl (C=O) groups is 2. The van der Waals surface area contributed by atoms with E-state index >= 15 is 0 Å². The van der Waals surface area contributed by atoms with Crippen LogP contribution < -0.4 is 5.32 Å². The first-order valence-electron chi connectivity index (χ1n) is 10.8. The molecule has 0 spiro atoms. The third-order valence-corrected chi connectivity index (χ3v) is 5.91. The second-order valence-electron chi connectivity index (χ2n) is 7.94. The molecule has 0 unspecified atom stereocenters. The first-order valence-corrected chi connectivity index (χ1v) is 10.8. The van der Waals surface area contributed by atoms with Crippen molar-refractivity contribution in [3.63, 3.8) is 0 Å². The van der Waals surface area contributed by atoms with E-state index in [4.69, 9.17) is 4.74 Å². The largest absolute Gasteiger partial charge is 0.379 e. The second-order valence-corrected chi connectivity index (χ2v) is 7.94. The van der Waals surface area contributed by atoms with Gasteiger partial charge in [-0.3, -0.25) is 19.4 Å². The molecule has 2 aromatic rings. The summed E-state index contributed by atoms with van der Waals surface area (Å²) in [7, 11) is 0. The molecule has 2 aromatic carbocycles. The molecular formula is C23H30N4O3. The molecule has 7 nitrogen and oxygen atoms in total. The van der Waals surface area contributed by atoms with Gasteiger partial charge in [0, 0.05) is 63.3 Å². The predicted molar refractivity (Wildman–Crippen MR) is 117 cm³/mol. The number of amides is 2. The van der Waals surface area contributed by atoms with E-state index in [1.165, 1.54) is 0 Å². The average Bonchev–Trinajstić information content (AvgIpc) is 2.79. The Labute approximate surface area is 177 Å². The van der Waals surface area contributed by atoms with Gasteiger partial charge in [0.25, 0.3) is 0 Å². The van der Waals surface area contributed by atoms with Gasteiger partial charge in [-0.2, -0.15) is 0 Å². The lowest BCUT2D eigenvalue weighted by Gasteiger charge is -2.36. The van der Waals surface area contributed by atoms with Crippen LogP contribution in [-0.2, 0) is 14.3 Å². The Balaban J connectivity index is 1.20. The predicted octanol–water partition coefficient (Wildman–Crippen LogP) is 1.64. The summed E-state index contributed by atoms with van der Waals surface area (Å²) in [5.74, 6) is 0.224. The van der Waals surface area contributed by atoms with Gasteiger partial charge in [-0.15, -0.1) is 0 Å². The Morgan fingerprint density at radius 2 is 1.60 bits per heavy atom. The molecule has 2 aliphatic heterocycles. The van der Waals surface area contributed by atoms with Gasteiger partial charge < -0.3 is 15.0 Å². The van der Waals surface area contributed by atoms with Crippen LogP contribution in [0.15, 0.2) is 42.5 Å². The van der Waals surface area contributed by atoms with Gasteiger partial charge in [0.05, 0.1) is 19.8 Å². The maximum atomic E-state index is 12.5. The number of benzene rings is 2. The number of nitrogens with zero attached hydrogens (tertiary/aromatic N) is 3. The van der Waals surface area contributed by atoms with Crippen LogP contribution in [0, 0.1) is 0 Å². The minimum atomic E-state index is 0.0252. The maximum absolute atomic E-state index is 12.5. The fourth-order valence-corrected chi connectivity index (χ4v) is 4.08. The lowest BCUT2D eigenvalue weighted by Crippen LogP contribution is -2.52. The SMILES string of the molecule is O=C(CCN1CCN(C(=O)CN2CCOCC2)CC1)Nc1cccc2ccccc12. The molecule has 0 radical (unpaired) electrons. The zero-order chi connectivity index (χ0) is 20.8. The Hall–Kier alpha value is -2.48. The summed E-state index contributed by atoms with van der Waals surface area (Å²) in [6.07, 6.45) is 0.449. The third kappa shape index (κ3) is 5.36. The van der Waals surface area contributed by atoms with Crippen molar-refractivity contribution < 1.29 is 14.3 Å². The summed E-state index contributed by atoms with van der Waals surface area (Å²) >= 11 is 0. The zero-order valence-corrected chi connectivity index (χ0v) is 17.4. The molecule has 0 bridgehead atoms. The van der Waals surface area contributed by atoms with Crippen LogP contribution in [0.1, 0.15) is 6.42 Å². The van der Waals surface area contributed by atoms with E-state index in [0.717, 1.165) is 55.7 Å². The molecule has 0 saturated carbocycles. The molecule has 2 aliphatic rings. The normalized spacial score (nSPS) is 18.5. The number of ether oxygens (including phenoxy) is 1. The molecule has 2 amide bonds. The molecule has 0 atom stereocenters. The van der Waals surface area contributed by atoms with Crippen molar-refractivity contribution >= 4 is 28.3 Å². The monoisotopic (exact) mass is 410 g/mol. The molecule has 4 rings (SSSR count). The average molecular weight is 411 g/mol. The Morgan fingerprint density at radius 1 is 0.867 bits per heavy atom. The number of carbonyl (C=O) groups excluding carboxylic acids is 2. The molecule has 1 N–H and O–H groups in total. The summed E-state index contributed by atoms with van der Waals surface area (Å²) < 4.78 is 5.34.